The second-order valence-corrected chi connectivity index (χ2v) is 2.88. The molecule has 3 N–H and O–H groups in total. The van der Waals surface area contributed by atoms with Crippen molar-refractivity contribution in [2.45, 2.75) is 25.0 Å². The summed E-state index contributed by atoms with van der Waals surface area (Å²) in [4.78, 5) is 10.8. The normalized spacial score (nSPS) is 39.2. The molecule has 0 radical (unpaired) electrons. The van der Waals surface area contributed by atoms with Gasteiger partial charge >= 0.3 is 0 Å². The lowest BCUT2D eigenvalue weighted by atomic mass is 9.84. The molecule has 0 heterocycles. The van der Waals surface area contributed by atoms with Gasteiger partial charge in [-0.3, -0.25) is 4.79 Å². The van der Waals surface area contributed by atoms with Gasteiger partial charge in [-0.15, -0.1) is 0 Å². The van der Waals surface area contributed by atoms with Gasteiger partial charge in [0.25, 0.3) is 0 Å². The zero-order valence-corrected chi connectivity index (χ0v) is 6.10. The zero-order chi connectivity index (χ0) is 8.43. The van der Waals surface area contributed by atoms with E-state index in [0.29, 0.717) is 6.42 Å². The largest absolute Gasteiger partial charge is 0.396 e. The van der Waals surface area contributed by atoms with E-state index in [2.05, 4.69) is 0 Å². The maximum absolute atomic E-state index is 10.8. The van der Waals surface area contributed by atoms with E-state index < -0.39 is 12.2 Å². The number of aliphatic hydroxyl groups excluding tert-OH is 3. The van der Waals surface area contributed by atoms with Crippen LogP contribution in [0.5, 0.6) is 0 Å². The number of hydrogen-bond acceptors (Lipinski definition) is 4. The molecule has 0 amide bonds. The van der Waals surface area contributed by atoms with Crippen LogP contribution in [-0.4, -0.2) is 39.9 Å². The Hall–Kier alpha value is -0.450. The summed E-state index contributed by atoms with van der Waals surface area (Å²) >= 11 is 0. The molecule has 4 heteroatoms. The minimum Gasteiger partial charge on any atom is -0.396 e. The van der Waals surface area contributed by atoms with Crippen LogP contribution in [0.2, 0.25) is 0 Å². The summed E-state index contributed by atoms with van der Waals surface area (Å²) in [7, 11) is 0. The molecule has 3 atom stereocenters. The Morgan fingerprint density at radius 3 is 2.64 bits per heavy atom. The second kappa shape index (κ2) is 3.30. The van der Waals surface area contributed by atoms with Crippen LogP contribution in [-0.2, 0) is 4.79 Å². The van der Waals surface area contributed by atoms with Gasteiger partial charge in [-0.05, 0) is 6.42 Å². The minimum absolute atomic E-state index is 0.175. The molecule has 1 saturated carbocycles. The Labute approximate surface area is 64.5 Å². The first-order valence-electron chi connectivity index (χ1n) is 3.66. The summed E-state index contributed by atoms with van der Waals surface area (Å²) in [6, 6.07) is 0. The van der Waals surface area contributed by atoms with Gasteiger partial charge in [-0.25, -0.2) is 0 Å². The monoisotopic (exact) mass is 160 g/mol. The highest BCUT2D eigenvalue weighted by atomic mass is 16.3. The van der Waals surface area contributed by atoms with E-state index in [-0.39, 0.29) is 24.7 Å². The van der Waals surface area contributed by atoms with Gasteiger partial charge in [0.15, 0.2) is 5.78 Å². The van der Waals surface area contributed by atoms with Gasteiger partial charge in [0.2, 0.25) is 0 Å². The quantitative estimate of drug-likeness (QED) is 0.444. The maximum Gasteiger partial charge on any atom is 0.163 e. The minimum atomic E-state index is -1.29. The molecule has 4 nitrogen and oxygen atoms in total. The molecule has 2 unspecified atom stereocenters. The maximum atomic E-state index is 10.8. The molecule has 0 saturated heterocycles. The van der Waals surface area contributed by atoms with E-state index in [1.807, 2.05) is 0 Å². The first-order chi connectivity index (χ1) is 5.16. The third kappa shape index (κ3) is 1.58. The molecule has 0 aromatic heterocycles. The van der Waals surface area contributed by atoms with E-state index >= 15 is 0 Å². The SMILES string of the molecule is O=C1CC[C@H](CO)C(O)C1O. The number of Topliss-reactive ketones (excluding diaryl/α,β-unsaturated/α-hetero) is 1. The number of carbonyl (C=O) groups is 1. The van der Waals surface area contributed by atoms with E-state index in [1.54, 1.807) is 0 Å². The molecule has 64 valence electrons. The van der Waals surface area contributed by atoms with Crippen LogP contribution >= 0.6 is 0 Å². The first kappa shape index (κ1) is 8.64. The van der Waals surface area contributed by atoms with Crippen LogP contribution in [0.3, 0.4) is 0 Å². The van der Waals surface area contributed by atoms with E-state index in [4.69, 9.17) is 10.2 Å². The van der Waals surface area contributed by atoms with Gasteiger partial charge in [-0.1, -0.05) is 0 Å². The Kier molecular flexibility index (Phi) is 2.59. The van der Waals surface area contributed by atoms with Gasteiger partial charge < -0.3 is 15.3 Å². The zero-order valence-electron chi connectivity index (χ0n) is 6.10. The Bertz CT molecular complexity index is 157. The first-order valence-corrected chi connectivity index (χ1v) is 3.66. The fourth-order valence-corrected chi connectivity index (χ4v) is 1.29. The average Bonchev–Trinajstić information content (AvgIpc) is 2.01. The Balaban J connectivity index is 2.59. The summed E-state index contributed by atoms with van der Waals surface area (Å²) in [5, 5.41) is 26.9. The van der Waals surface area contributed by atoms with E-state index in [1.165, 1.54) is 0 Å². The molecular weight excluding hydrogens is 148 g/mol. The van der Waals surface area contributed by atoms with Crippen molar-refractivity contribution in [3.63, 3.8) is 0 Å². The predicted molar refractivity (Wildman–Crippen MR) is 36.8 cm³/mol. The topological polar surface area (TPSA) is 77.8 Å². The van der Waals surface area contributed by atoms with Crippen LogP contribution in [0.4, 0.5) is 0 Å². The summed E-state index contributed by atoms with van der Waals surface area (Å²) in [6.45, 7) is -0.175. The summed E-state index contributed by atoms with van der Waals surface area (Å²) in [5.41, 5.74) is 0. The molecule has 0 aliphatic heterocycles. The van der Waals surface area contributed by atoms with Gasteiger partial charge in [0.05, 0.1) is 6.10 Å². The fourth-order valence-electron chi connectivity index (χ4n) is 1.29. The van der Waals surface area contributed by atoms with Crippen LogP contribution in [0.1, 0.15) is 12.8 Å². The molecule has 0 aromatic rings. The molecule has 0 bridgehead atoms. The van der Waals surface area contributed by atoms with Gasteiger partial charge in [-0.2, -0.15) is 0 Å². The van der Waals surface area contributed by atoms with Crippen molar-refractivity contribution in [2.24, 2.45) is 5.92 Å². The smallest absolute Gasteiger partial charge is 0.163 e. The second-order valence-electron chi connectivity index (χ2n) is 2.88. The fraction of sp³-hybridized carbons (Fsp3) is 0.857. The van der Waals surface area contributed by atoms with Crippen LogP contribution < -0.4 is 0 Å². The van der Waals surface area contributed by atoms with Crippen LogP contribution in [0, 0.1) is 5.92 Å². The average molecular weight is 160 g/mol. The van der Waals surface area contributed by atoms with Gasteiger partial charge in [0, 0.05) is 18.9 Å². The standard InChI is InChI=1S/C7H12O4/c8-3-4-1-2-5(9)7(11)6(4)10/h4,6-8,10-11H,1-3H2/t4-,6?,7?/m1/s1. The molecular formula is C7H12O4. The molecule has 0 aromatic carbocycles. The van der Waals surface area contributed by atoms with E-state index in [9.17, 15) is 9.90 Å². The third-order valence-electron chi connectivity index (χ3n) is 2.13. The van der Waals surface area contributed by atoms with Crippen LogP contribution in [0.25, 0.3) is 0 Å². The van der Waals surface area contributed by atoms with E-state index in [0.717, 1.165) is 0 Å². The molecule has 1 aliphatic carbocycles. The summed E-state index contributed by atoms with van der Waals surface area (Å²) < 4.78 is 0. The molecule has 1 fully saturated rings. The van der Waals surface area contributed by atoms with Crippen molar-refractivity contribution in [3.8, 4) is 0 Å². The molecule has 11 heavy (non-hydrogen) atoms. The van der Waals surface area contributed by atoms with Crippen molar-refractivity contribution in [1.29, 1.82) is 0 Å². The van der Waals surface area contributed by atoms with Crippen molar-refractivity contribution >= 4 is 5.78 Å². The number of carbonyl (C=O) groups excluding carboxylic acids is 1. The highest BCUT2D eigenvalue weighted by molar-refractivity contribution is 5.84. The summed E-state index contributed by atoms with van der Waals surface area (Å²) in [6.07, 6.45) is -1.65. The third-order valence-corrected chi connectivity index (χ3v) is 2.13. The Morgan fingerprint density at radius 2 is 2.09 bits per heavy atom. The number of hydrogen-bond donors (Lipinski definition) is 3. The number of aliphatic hydroxyl groups is 3. The van der Waals surface area contributed by atoms with Crippen molar-refractivity contribution in [3.05, 3.63) is 0 Å². The van der Waals surface area contributed by atoms with Crippen LogP contribution in [0.15, 0.2) is 0 Å². The summed E-state index contributed by atoms with van der Waals surface area (Å²) in [5.74, 6) is -0.676. The Morgan fingerprint density at radius 1 is 1.45 bits per heavy atom. The highest BCUT2D eigenvalue weighted by Crippen LogP contribution is 2.21. The number of ketones is 1. The lowest BCUT2D eigenvalue weighted by Crippen LogP contribution is -2.44. The van der Waals surface area contributed by atoms with Gasteiger partial charge in [0.1, 0.15) is 6.10 Å². The van der Waals surface area contributed by atoms with Crippen molar-refractivity contribution in [2.75, 3.05) is 6.61 Å². The molecule has 0 spiro atoms. The lowest BCUT2D eigenvalue weighted by Gasteiger charge is -2.29. The van der Waals surface area contributed by atoms with Crippen molar-refractivity contribution < 1.29 is 20.1 Å². The molecule has 1 rings (SSSR count). The highest BCUT2D eigenvalue weighted by Gasteiger charge is 2.35. The lowest BCUT2D eigenvalue weighted by molar-refractivity contribution is -0.142. The molecule has 1 aliphatic rings. The predicted octanol–water partition coefficient (Wildman–Crippen LogP) is -1.32. The number of rotatable bonds is 1. The van der Waals surface area contributed by atoms with Crippen molar-refractivity contribution in [1.82, 2.24) is 0 Å².